The molecule has 0 radical (unpaired) electrons. The Kier molecular flexibility index (Phi) is 2.71. The second-order valence-electron chi connectivity index (χ2n) is 2.55. The summed E-state index contributed by atoms with van der Waals surface area (Å²) < 4.78 is 0. The van der Waals surface area contributed by atoms with E-state index in [2.05, 4.69) is 12.6 Å². The van der Waals surface area contributed by atoms with E-state index in [1.54, 1.807) is 6.92 Å². The van der Waals surface area contributed by atoms with Crippen LogP contribution < -0.4 is 0 Å². The van der Waals surface area contributed by atoms with Crippen LogP contribution in [0.15, 0.2) is 29.2 Å². The Labute approximate surface area is 71.8 Å². The Hall–Kier alpha value is -0.760. The molecule has 0 unspecified atom stereocenters. The second-order valence-corrected chi connectivity index (χ2v) is 3.07. The van der Waals surface area contributed by atoms with Gasteiger partial charge in [-0.05, 0) is 24.6 Å². The molecule has 0 fully saturated rings. The van der Waals surface area contributed by atoms with Gasteiger partial charge in [0.1, 0.15) is 5.78 Å². The number of thiol groups is 1. The zero-order valence-corrected chi connectivity index (χ0v) is 7.27. The molecule has 0 spiro atoms. The van der Waals surface area contributed by atoms with Gasteiger partial charge in [-0.2, -0.15) is 0 Å². The number of rotatable bonds is 2. The van der Waals surface area contributed by atoms with E-state index < -0.39 is 0 Å². The predicted octanol–water partition coefficient (Wildman–Crippen LogP) is 2.11. The van der Waals surface area contributed by atoms with Gasteiger partial charge in [-0.1, -0.05) is 12.1 Å². The van der Waals surface area contributed by atoms with Gasteiger partial charge in [0.25, 0.3) is 0 Å². The quantitative estimate of drug-likeness (QED) is 0.666. The van der Waals surface area contributed by atoms with Crippen molar-refractivity contribution < 1.29 is 4.79 Å². The van der Waals surface area contributed by atoms with Crippen molar-refractivity contribution in [3.8, 4) is 0 Å². The highest BCUT2D eigenvalue weighted by molar-refractivity contribution is 7.80. The molecule has 0 aliphatic heterocycles. The first-order valence-electron chi connectivity index (χ1n) is 3.46. The van der Waals surface area contributed by atoms with Crippen molar-refractivity contribution in [1.29, 1.82) is 0 Å². The number of carbonyl (C=O) groups is 1. The average Bonchev–Trinajstić information content (AvgIpc) is 1.85. The van der Waals surface area contributed by atoms with Crippen molar-refractivity contribution in [1.82, 2.24) is 0 Å². The SMILES string of the molecule is CC(=O)Cc1cccc(S)c1. The maximum atomic E-state index is 10.7. The molecule has 58 valence electrons. The smallest absolute Gasteiger partial charge is 0.134 e. The van der Waals surface area contributed by atoms with Crippen LogP contribution in [-0.4, -0.2) is 5.78 Å². The fourth-order valence-electron chi connectivity index (χ4n) is 0.954. The zero-order chi connectivity index (χ0) is 8.27. The van der Waals surface area contributed by atoms with Crippen molar-refractivity contribution in [2.45, 2.75) is 18.2 Å². The molecule has 0 heterocycles. The molecular weight excluding hydrogens is 156 g/mol. The first-order chi connectivity index (χ1) is 5.18. The molecule has 0 bridgehead atoms. The summed E-state index contributed by atoms with van der Waals surface area (Å²) in [4.78, 5) is 11.6. The third kappa shape index (κ3) is 2.76. The highest BCUT2D eigenvalue weighted by Crippen LogP contribution is 2.09. The minimum absolute atomic E-state index is 0.184. The minimum Gasteiger partial charge on any atom is -0.300 e. The molecule has 0 saturated heterocycles. The molecule has 0 aromatic heterocycles. The molecule has 0 aliphatic rings. The van der Waals surface area contributed by atoms with Gasteiger partial charge in [-0.3, -0.25) is 4.79 Å². The van der Waals surface area contributed by atoms with Gasteiger partial charge in [0, 0.05) is 11.3 Å². The van der Waals surface area contributed by atoms with Crippen LogP contribution in [0.3, 0.4) is 0 Å². The van der Waals surface area contributed by atoms with E-state index in [-0.39, 0.29) is 5.78 Å². The fraction of sp³-hybridized carbons (Fsp3) is 0.222. The Morgan fingerprint density at radius 3 is 2.82 bits per heavy atom. The maximum absolute atomic E-state index is 10.7. The Morgan fingerprint density at radius 1 is 1.55 bits per heavy atom. The highest BCUT2D eigenvalue weighted by atomic mass is 32.1. The minimum atomic E-state index is 0.184. The van der Waals surface area contributed by atoms with Crippen LogP contribution in [0.2, 0.25) is 0 Å². The Bertz CT molecular complexity index is 268. The lowest BCUT2D eigenvalue weighted by molar-refractivity contribution is -0.116. The van der Waals surface area contributed by atoms with Gasteiger partial charge < -0.3 is 0 Å². The summed E-state index contributed by atoms with van der Waals surface area (Å²) in [5, 5.41) is 0. The Morgan fingerprint density at radius 2 is 2.27 bits per heavy atom. The monoisotopic (exact) mass is 166 g/mol. The van der Waals surface area contributed by atoms with Crippen molar-refractivity contribution >= 4 is 18.4 Å². The van der Waals surface area contributed by atoms with Gasteiger partial charge in [-0.25, -0.2) is 0 Å². The van der Waals surface area contributed by atoms with Crippen LogP contribution >= 0.6 is 12.6 Å². The van der Waals surface area contributed by atoms with Gasteiger partial charge in [0.05, 0.1) is 0 Å². The maximum Gasteiger partial charge on any atom is 0.134 e. The number of ketones is 1. The second kappa shape index (κ2) is 3.58. The van der Waals surface area contributed by atoms with Gasteiger partial charge in [0.2, 0.25) is 0 Å². The van der Waals surface area contributed by atoms with E-state index in [9.17, 15) is 4.79 Å². The summed E-state index contributed by atoms with van der Waals surface area (Å²) >= 11 is 4.17. The number of hydrogen-bond acceptors (Lipinski definition) is 2. The first-order valence-corrected chi connectivity index (χ1v) is 3.90. The summed E-state index contributed by atoms with van der Waals surface area (Å²) in [6, 6.07) is 7.64. The van der Waals surface area contributed by atoms with Crippen LogP contribution in [0.1, 0.15) is 12.5 Å². The van der Waals surface area contributed by atoms with Crippen LogP contribution in [0, 0.1) is 0 Å². The molecular formula is C9H10OS. The largest absolute Gasteiger partial charge is 0.300 e. The molecule has 0 saturated carbocycles. The van der Waals surface area contributed by atoms with Crippen molar-refractivity contribution in [3.05, 3.63) is 29.8 Å². The number of carbonyl (C=O) groups excluding carboxylic acids is 1. The molecule has 0 atom stereocenters. The third-order valence-corrected chi connectivity index (χ3v) is 1.64. The van der Waals surface area contributed by atoms with Crippen LogP contribution in [0.5, 0.6) is 0 Å². The fourth-order valence-corrected chi connectivity index (χ4v) is 1.21. The topological polar surface area (TPSA) is 17.1 Å². The lowest BCUT2D eigenvalue weighted by Gasteiger charge is -1.97. The lowest BCUT2D eigenvalue weighted by Crippen LogP contribution is -1.95. The summed E-state index contributed by atoms with van der Waals surface area (Å²) in [7, 11) is 0. The number of hydrogen-bond donors (Lipinski definition) is 1. The lowest BCUT2D eigenvalue weighted by atomic mass is 10.1. The highest BCUT2D eigenvalue weighted by Gasteiger charge is 1.96. The third-order valence-electron chi connectivity index (χ3n) is 1.36. The predicted molar refractivity (Wildman–Crippen MR) is 48.1 cm³/mol. The van der Waals surface area contributed by atoms with Crippen LogP contribution in [0.4, 0.5) is 0 Å². The van der Waals surface area contributed by atoms with E-state index >= 15 is 0 Å². The first kappa shape index (κ1) is 8.34. The van der Waals surface area contributed by atoms with Gasteiger partial charge in [-0.15, -0.1) is 12.6 Å². The number of Topliss-reactive ketones (excluding diaryl/α,β-unsaturated/α-hetero) is 1. The van der Waals surface area contributed by atoms with Crippen molar-refractivity contribution in [2.24, 2.45) is 0 Å². The van der Waals surface area contributed by atoms with E-state index in [0.29, 0.717) is 6.42 Å². The summed E-state index contributed by atoms with van der Waals surface area (Å²) in [6.45, 7) is 1.59. The summed E-state index contributed by atoms with van der Waals surface area (Å²) in [5.41, 5.74) is 1.03. The van der Waals surface area contributed by atoms with E-state index in [1.165, 1.54) is 0 Å². The van der Waals surface area contributed by atoms with Crippen molar-refractivity contribution in [3.63, 3.8) is 0 Å². The molecule has 1 aromatic rings. The van der Waals surface area contributed by atoms with Gasteiger partial charge >= 0.3 is 0 Å². The Balaban J connectivity index is 2.79. The molecule has 1 nitrogen and oxygen atoms in total. The molecule has 0 amide bonds. The molecule has 0 N–H and O–H groups in total. The molecule has 11 heavy (non-hydrogen) atoms. The molecule has 0 aliphatic carbocycles. The summed E-state index contributed by atoms with van der Waals surface area (Å²) in [5.74, 6) is 0.184. The van der Waals surface area contributed by atoms with Gasteiger partial charge in [0.15, 0.2) is 0 Å². The molecule has 2 heteroatoms. The average molecular weight is 166 g/mol. The van der Waals surface area contributed by atoms with E-state index in [0.717, 1.165) is 10.5 Å². The number of benzene rings is 1. The van der Waals surface area contributed by atoms with E-state index in [4.69, 9.17) is 0 Å². The molecule has 1 aromatic carbocycles. The normalized spacial score (nSPS) is 9.64. The van der Waals surface area contributed by atoms with E-state index in [1.807, 2.05) is 24.3 Å². The summed E-state index contributed by atoms with van der Waals surface area (Å²) in [6.07, 6.45) is 0.508. The zero-order valence-electron chi connectivity index (χ0n) is 6.37. The standard InChI is InChI=1S/C9H10OS/c1-7(10)5-8-3-2-4-9(11)6-8/h2-4,6,11H,5H2,1H3. The van der Waals surface area contributed by atoms with Crippen LogP contribution in [0.25, 0.3) is 0 Å². The van der Waals surface area contributed by atoms with Crippen LogP contribution in [-0.2, 0) is 11.2 Å². The van der Waals surface area contributed by atoms with Crippen molar-refractivity contribution in [2.75, 3.05) is 0 Å². The molecule has 1 rings (SSSR count).